The fourth-order valence-corrected chi connectivity index (χ4v) is 1.55. The molecular weight excluding hydrogens is 206 g/mol. The number of nitro benzene ring substituents is 1. The van der Waals surface area contributed by atoms with E-state index < -0.39 is 0 Å². The predicted molar refractivity (Wildman–Crippen MR) is 64.7 cm³/mol. The summed E-state index contributed by atoms with van der Waals surface area (Å²) in [7, 11) is 0. The topological polar surface area (TPSA) is 81.2 Å². The van der Waals surface area contributed by atoms with E-state index in [0.717, 1.165) is 24.2 Å². The normalized spacial score (nSPS) is 10.2. The van der Waals surface area contributed by atoms with Crippen molar-refractivity contribution in [2.24, 2.45) is 5.73 Å². The van der Waals surface area contributed by atoms with Crippen molar-refractivity contribution in [3.63, 3.8) is 0 Å². The van der Waals surface area contributed by atoms with Crippen LogP contribution in [0.4, 0.5) is 11.4 Å². The molecule has 16 heavy (non-hydrogen) atoms. The average molecular weight is 223 g/mol. The minimum absolute atomic E-state index is 0.154. The molecule has 5 heteroatoms. The zero-order valence-electron chi connectivity index (χ0n) is 9.62. The number of benzene rings is 1. The molecule has 5 nitrogen and oxygen atoms in total. The van der Waals surface area contributed by atoms with Gasteiger partial charge in [0.2, 0.25) is 0 Å². The molecule has 3 N–H and O–H groups in total. The van der Waals surface area contributed by atoms with E-state index in [4.69, 9.17) is 5.73 Å². The molecule has 0 saturated heterocycles. The summed E-state index contributed by atoms with van der Waals surface area (Å²) in [6.07, 6.45) is 0.848. The zero-order valence-corrected chi connectivity index (χ0v) is 9.62. The number of nitrogens with one attached hydrogen (secondary N) is 1. The van der Waals surface area contributed by atoms with Gasteiger partial charge in [0.25, 0.3) is 5.69 Å². The lowest BCUT2D eigenvalue weighted by Crippen LogP contribution is -2.09. The minimum Gasteiger partial charge on any atom is -0.385 e. The summed E-state index contributed by atoms with van der Waals surface area (Å²) in [5.74, 6) is 0. The third kappa shape index (κ3) is 2.93. The first-order valence-electron chi connectivity index (χ1n) is 5.26. The molecule has 0 saturated carbocycles. The summed E-state index contributed by atoms with van der Waals surface area (Å²) in [5.41, 5.74) is 8.05. The average Bonchev–Trinajstić information content (AvgIpc) is 2.21. The van der Waals surface area contributed by atoms with Gasteiger partial charge in [-0.2, -0.15) is 0 Å². The van der Waals surface area contributed by atoms with E-state index >= 15 is 0 Å². The molecule has 0 unspecified atom stereocenters. The summed E-state index contributed by atoms with van der Waals surface area (Å²) in [6, 6.07) is 3.41. The van der Waals surface area contributed by atoms with Crippen LogP contribution in [-0.4, -0.2) is 18.0 Å². The maximum absolute atomic E-state index is 10.8. The molecule has 0 spiro atoms. The van der Waals surface area contributed by atoms with Gasteiger partial charge in [0.15, 0.2) is 0 Å². The van der Waals surface area contributed by atoms with Crippen molar-refractivity contribution in [3.8, 4) is 0 Å². The number of hydrogen-bond acceptors (Lipinski definition) is 4. The molecule has 0 aliphatic carbocycles. The molecule has 1 aromatic rings. The molecule has 0 radical (unpaired) electrons. The van der Waals surface area contributed by atoms with Gasteiger partial charge in [0, 0.05) is 23.9 Å². The van der Waals surface area contributed by atoms with Crippen LogP contribution in [0.3, 0.4) is 0 Å². The Balaban J connectivity index is 2.91. The Hall–Kier alpha value is -1.62. The van der Waals surface area contributed by atoms with Crippen LogP contribution in [0.1, 0.15) is 17.5 Å². The molecule has 88 valence electrons. The highest BCUT2D eigenvalue weighted by molar-refractivity contribution is 5.60. The van der Waals surface area contributed by atoms with Crippen molar-refractivity contribution in [2.45, 2.75) is 20.3 Å². The Morgan fingerprint density at radius 2 is 2.06 bits per heavy atom. The van der Waals surface area contributed by atoms with E-state index in [-0.39, 0.29) is 10.6 Å². The standard InChI is InChI=1S/C11H17N3O2/c1-8-6-9(2)11(14(15)16)7-10(8)13-5-3-4-12/h6-7,13H,3-5,12H2,1-2H3. The molecule has 0 heterocycles. The molecule has 0 bridgehead atoms. The van der Waals surface area contributed by atoms with E-state index in [1.807, 2.05) is 13.0 Å². The summed E-state index contributed by atoms with van der Waals surface area (Å²) in [5, 5.41) is 13.9. The van der Waals surface area contributed by atoms with E-state index in [2.05, 4.69) is 5.32 Å². The number of rotatable bonds is 5. The second-order valence-corrected chi connectivity index (χ2v) is 3.78. The van der Waals surface area contributed by atoms with Crippen LogP contribution < -0.4 is 11.1 Å². The molecule has 1 rings (SSSR count). The van der Waals surface area contributed by atoms with Crippen LogP contribution in [0.15, 0.2) is 12.1 Å². The lowest BCUT2D eigenvalue weighted by molar-refractivity contribution is -0.385. The fourth-order valence-electron chi connectivity index (χ4n) is 1.55. The maximum Gasteiger partial charge on any atom is 0.274 e. The van der Waals surface area contributed by atoms with Gasteiger partial charge in [-0.05, 0) is 38.4 Å². The summed E-state index contributed by atoms with van der Waals surface area (Å²) < 4.78 is 0. The first-order valence-corrected chi connectivity index (χ1v) is 5.26. The van der Waals surface area contributed by atoms with Gasteiger partial charge >= 0.3 is 0 Å². The highest BCUT2D eigenvalue weighted by Gasteiger charge is 2.12. The van der Waals surface area contributed by atoms with Crippen LogP contribution in [0, 0.1) is 24.0 Å². The van der Waals surface area contributed by atoms with Crippen molar-refractivity contribution in [1.29, 1.82) is 0 Å². The Kier molecular flexibility index (Phi) is 4.25. The SMILES string of the molecule is Cc1cc(C)c([N+](=O)[O-])cc1NCCCN. The van der Waals surface area contributed by atoms with Crippen LogP contribution >= 0.6 is 0 Å². The molecule has 0 aliphatic rings. The van der Waals surface area contributed by atoms with Crippen molar-refractivity contribution in [1.82, 2.24) is 0 Å². The largest absolute Gasteiger partial charge is 0.385 e. The van der Waals surface area contributed by atoms with Crippen LogP contribution in [-0.2, 0) is 0 Å². The number of nitro groups is 1. The maximum atomic E-state index is 10.8. The molecule has 0 fully saturated rings. The van der Waals surface area contributed by atoms with Crippen LogP contribution in [0.25, 0.3) is 0 Å². The monoisotopic (exact) mass is 223 g/mol. The smallest absolute Gasteiger partial charge is 0.274 e. The number of aryl methyl sites for hydroxylation is 2. The Labute approximate surface area is 94.8 Å². The number of nitrogens with zero attached hydrogens (tertiary/aromatic N) is 1. The second kappa shape index (κ2) is 5.46. The highest BCUT2D eigenvalue weighted by atomic mass is 16.6. The van der Waals surface area contributed by atoms with Gasteiger partial charge in [-0.1, -0.05) is 0 Å². The second-order valence-electron chi connectivity index (χ2n) is 3.78. The Morgan fingerprint density at radius 3 is 2.62 bits per heavy atom. The third-order valence-electron chi connectivity index (χ3n) is 2.44. The molecule has 0 amide bonds. The number of nitrogens with two attached hydrogens (primary N) is 1. The van der Waals surface area contributed by atoms with Crippen molar-refractivity contribution >= 4 is 11.4 Å². The number of hydrogen-bond donors (Lipinski definition) is 2. The predicted octanol–water partition coefficient (Wildman–Crippen LogP) is 1.97. The van der Waals surface area contributed by atoms with Crippen molar-refractivity contribution in [3.05, 3.63) is 33.4 Å². The third-order valence-corrected chi connectivity index (χ3v) is 2.44. The number of anilines is 1. The molecule has 0 aromatic heterocycles. The van der Waals surface area contributed by atoms with E-state index in [9.17, 15) is 10.1 Å². The van der Waals surface area contributed by atoms with Crippen LogP contribution in [0.2, 0.25) is 0 Å². The molecular formula is C11H17N3O2. The highest BCUT2D eigenvalue weighted by Crippen LogP contribution is 2.26. The zero-order chi connectivity index (χ0) is 12.1. The molecule has 0 atom stereocenters. The quantitative estimate of drug-likeness (QED) is 0.454. The lowest BCUT2D eigenvalue weighted by Gasteiger charge is -2.10. The van der Waals surface area contributed by atoms with Gasteiger partial charge in [-0.25, -0.2) is 0 Å². The first-order chi connectivity index (χ1) is 7.56. The van der Waals surface area contributed by atoms with Gasteiger partial charge in [-0.3, -0.25) is 10.1 Å². The molecule has 1 aromatic carbocycles. The van der Waals surface area contributed by atoms with Crippen molar-refractivity contribution < 1.29 is 4.92 Å². The van der Waals surface area contributed by atoms with E-state index in [1.54, 1.807) is 13.0 Å². The fraction of sp³-hybridized carbons (Fsp3) is 0.455. The van der Waals surface area contributed by atoms with Gasteiger partial charge in [-0.15, -0.1) is 0 Å². The van der Waals surface area contributed by atoms with Gasteiger partial charge in [0.1, 0.15) is 0 Å². The molecule has 0 aliphatic heterocycles. The summed E-state index contributed by atoms with van der Waals surface area (Å²) in [6.45, 7) is 5.02. The van der Waals surface area contributed by atoms with Gasteiger partial charge < -0.3 is 11.1 Å². The van der Waals surface area contributed by atoms with Gasteiger partial charge in [0.05, 0.1) is 4.92 Å². The summed E-state index contributed by atoms with van der Waals surface area (Å²) in [4.78, 5) is 10.4. The van der Waals surface area contributed by atoms with E-state index in [0.29, 0.717) is 12.1 Å². The minimum atomic E-state index is -0.358. The van der Waals surface area contributed by atoms with Crippen molar-refractivity contribution in [2.75, 3.05) is 18.4 Å². The lowest BCUT2D eigenvalue weighted by atomic mass is 10.1. The Bertz CT molecular complexity index is 391. The first kappa shape index (κ1) is 12.4. The van der Waals surface area contributed by atoms with Crippen LogP contribution in [0.5, 0.6) is 0 Å². The Morgan fingerprint density at radius 1 is 1.38 bits per heavy atom. The van der Waals surface area contributed by atoms with E-state index in [1.165, 1.54) is 0 Å². The summed E-state index contributed by atoms with van der Waals surface area (Å²) >= 11 is 0.